The molecule has 1 N–H and O–H groups in total. The van der Waals surface area contributed by atoms with Crippen LogP contribution in [0.15, 0.2) is 42.5 Å². The van der Waals surface area contributed by atoms with Crippen molar-refractivity contribution in [3.05, 3.63) is 59.2 Å². The Labute approximate surface area is 163 Å². The molecule has 0 unspecified atom stereocenters. The van der Waals surface area contributed by atoms with E-state index in [2.05, 4.69) is 5.32 Å². The second-order valence-corrected chi connectivity index (χ2v) is 6.80. The predicted molar refractivity (Wildman–Crippen MR) is 103 cm³/mol. The van der Waals surface area contributed by atoms with Crippen molar-refractivity contribution in [1.29, 1.82) is 0 Å². The molecule has 1 aliphatic rings. The van der Waals surface area contributed by atoms with E-state index in [-0.39, 0.29) is 12.1 Å². The number of methoxy groups -OCH3 is 2. The molecule has 28 heavy (non-hydrogen) atoms. The number of rotatable bonds is 6. The molecule has 0 aliphatic carbocycles. The smallest absolute Gasteiger partial charge is 0.325 e. The van der Waals surface area contributed by atoms with Crippen molar-refractivity contribution in [1.82, 2.24) is 10.2 Å². The Morgan fingerprint density at radius 2 is 1.75 bits per heavy atom. The van der Waals surface area contributed by atoms with Gasteiger partial charge < -0.3 is 14.8 Å². The van der Waals surface area contributed by atoms with Gasteiger partial charge in [-0.25, -0.2) is 4.79 Å². The quantitative estimate of drug-likeness (QED) is 0.613. The van der Waals surface area contributed by atoms with Crippen LogP contribution in [0.25, 0.3) is 0 Å². The Bertz CT molecular complexity index is 938. The third-order valence-electron chi connectivity index (χ3n) is 4.91. The molecule has 146 valence electrons. The second kappa shape index (κ2) is 7.34. The molecule has 3 amide bonds. The number of ether oxygens (including phenoxy) is 2. The van der Waals surface area contributed by atoms with Gasteiger partial charge in [0.15, 0.2) is 5.78 Å². The van der Waals surface area contributed by atoms with Crippen molar-refractivity contribution < 1.29 is 23.9 Å². The van der Waals surface area contributed by atoms with Crippen LogP contribution in [0.5, 0.6) is 11.5 Å². The van der Waals surface area contributed by atoms with Gasteiger partial charge in [0, 0.05) is 6.07 Å². The Kier molecular flexibility index (Phi) is 5.09. The van der Waals surface area contributed by atoms with Crippen LogP contribution in [0.4, 0.5) is 4.79 Å². The Hall–Kier alpha value is -3.35. The highest BCUT2D eigenvalue weighted by molar-refractivity contribution is 6.11. The summed E-state index contributed by atoms with van der Waals surface area (Å²) >= 11 is 0. The van der Waals surface area contributed by atoms with Gasteiger partial charge in [-0.3, -0.25) is 14.5 Å². The highest BCUT2D eigenvalue weighted by Gasteiger charge is 2.49. The van der Waals surface area contributed by atoms with Crippen molar-refractivity contribution in [2.45, 2.75) is 19.4 Å². The molecule has 2 aromatic rings. The van der Waals surface area contributed by atoms with Gasteiger partial charge in [0.05, 0.1) is 26.3 Å². The molecule has 1 heterocycles. The number of ketones is 1. The highest BCUT2D eigenvalue weighted by Crippen LogP contribution is 2.30. The minimum Gasteiger partial charge on any atom is -0.497 e. The summed E-state index contributed by atoms with van der Waals surface area (Å²) < 4.78 is 10.4. The third kappa shape index (κ3) is 3.31. The van der Waals surface area contributed by atoms with Gasteiger partial charge in [-0.2, -0.15) is 0 Å². The summed E-state index contributed by atoms with van der Waals surface area (Å²) in [6.07, 6.45) is 0. The van der Waals surface area contributed by atoms with Crippen LogP contribution in [0.2, 0.25) is 0 Å². The number of aryl methyl sites for hydroxylation is 1. The lowest BCUT2D eigenvalue weighted by molar-refractivity contribution is -0.130. The molecule has 0 spiro atoms. The molecule has 1 saturated heterocycles. The van der Waals surface area contributed by atoms with Crippen LogP contribution in [0.1, 0.15) is 28.4 Å². The van der Waals surface area contributed by atoms with Gasteiger partial charge in [0.1, 0.15) is 17.0 Å². The van der Waals surface area contributed by atoms with Crippen LogP contribution < -0.4 is 14.8 Å². The number of imide groups is 1. The summed E-state index contributed by atoms with van der Waals surface area (Å²) in [5.41, 5.74) is 0.763. The second-order valence-electron chi connectivity index (χ2n) is 6.80. The van der Waals surface area contributed by atoms with Crippen LogP contribution in [-0.4, -0.2) is 43.4 Å². The van der Waals surface area contributed by atoms with Gasteiger partial charge in [-0.05, 0) is 31.5 Å². The van der Waals surface area contributed by atoms with E-state index in [1.165, 1.54) is 14.2 Å². The van der Waals surface area contributed by atoms with Crippen molar-refractivity contribution >= 4 is 17.7 Å². The highest BCUT2D eigenvalue weighted by atomic mass is 16.5. The predicted octanol–water partition coefficient (Wildman–Crippen LogP) is 2.66. The van der Waals surface area contributed by atoms with Crippen molar-refractivity contribution in [3.8, 4) is 11.5 Å². The van der Waals surface area contributed by atoms with Crippen LogP contribution in [0, 0.1) is 6.92 Å². The fraction of sp³-hybridized carbons (Fsp3) is 0.286. The molecule has 1 aliphatic heterocycles. The molecule has 0 aromatic heterocycles. The van der Waals surface area contributed by atoms with E-state index in [1.54, 1.807) is 37.3 Å². The molecule has 3 rings (SSSR count). The van der Waals surface area contributed by atoms with Crippen molar-refractivity contribution in [2.75, 3.05) is 20.8 Å². The summed E-state index contributed by atoms with van der Waals surface area (Å²) in [6.45, 7) is 3.19. The zero-order valence-electron chi connectivity index (χ0n) is 16.2. The largest absolute Gasteiger partial charge is 0.497 e. The fourth-order valence-corrected chi connectivity index (χ4v) is 3.18. The number of nitrogens with one attached hydrogen (secondary N) is 1. The van der Waals surface area contributed by atoms with Crippen LogP contribution in [0.3, 0.4) is 0 Å². The minimum atomic E-state index is -1.21. The van der Waals surface area contributed by atoms with Gasteiger partial charge >= 0.3 is 6.03 Å². The zero-order valence-corrected chi connectivity index (χ0v) is 16.2. The first-order chi connectivity index (χ1) is 13.3. The summed E-state index contributed by atoms with van der Waals surface area (Å²) in [4.78, 5) is 39.1. The first-order valence-corrected chi connectivity index (χ1v) is 8.76. The van der Waals surface area contributed by atoms with E-state index >= 15 is 0 Å². The summed E-state index contributed by atoms with van der Waals surface area (Å²) in [6, 6.07) is 11.5. The zero-order chi connectivity index (χ0) is 20.5. The monoisotopic (exact) mass is 382 g/mol. The maximum Gasteiger partial charge on any atom is 0.325 e. The first-order valence-electron chi connectivity index (χ1n) is 8.76. The van der Waals surface area contributed by atoms with Crippen molar-refractivity contribution in [3.63, 3.8) is 0 Å². The Morgan fingerprint density at radius 1 is 1.07 bits per heavy atom. The Balaban J connectivity index is 1.85. The van der Waals surface area contributed by atoms with Gasteiger partial charge in [-0.15, -0.1) is 0 Å². The van der Waals surface area contributed by atoms with E-state index in [0.717, 1.165) is 10.5 Å². The van der Waals surface area contributed by atoms with E-state index in [9.17, 15) is 14.4 Å². The maximum atomic E-state index is 13.0. The standard InChI is InChI=1S/C21H22N2O5/c1-13-5-7-14(8-6-13)21(2)19(25)23(20(26)22-21)12-17(24)16-10-9-15(27-3)11-18(16)28-4/h5-11H,12H2,1-4H3,(H,22,26)/t21-/m1/s1. The molecule has 1 atom stereocenters. The molecular weight excluding hydrogens is 360 g/mol. The van der Waals surface area contributed by atoms with E-state index in [4.69, 9.17) is 9.47 Å². The lowest BCUT2D eigenvalue weighted by atomic mass is 9.91. The van der Waals surface area contributed by atoms with Crippen LogP contribution in [-0.2, 0) is 10.3 Å². The van der Waals surface area contributed by atoms with E-state index in [1.807, 2.05) is 19.1 Å². The molecule has 7 heteroatoms. The SMILES string of the molecule is COc1ccc(C(=O)CN2C(=O)N[C@](C)(c3ccc(C)cc3)C2=O)c(OC)c1. The average molecular weight is 382 g/mol. The third-order valence-corrected chi connectivity index (χ3v) is 4.91. The lowest BCUT2D eigenvalue weighted by Gasteiger charge is -2.22. The van der Waals surface area contributed by atoms with Crippen LogP contribution >= 0.6 is 0 Å². The van der Waals surface area contributed by atoms with E-state index < -0.39 is 23.3 Å². The number of carbonyl (C=O) groups excluding carboxylic acids is 3. The molecular formula is C21H22N2O5. The number of hydrogen-bond donors (Lipinski definition) is 1. The van der Waals surface area contributed by atoms with E-state index in [0.29, 0.717) is 17.1 Å². The number of hydrogen-bond acceptors (Lipinski definition) is 5. The molecule has 0 bridgehead atoms. The average Bonchev–Trinajstić information content (AvgIpc) is 2.91. The number of benzene rings is 2. The summed E-state index contributed by atoms with van der Waals surface area (Å²) in [5, 5.41) is 2.70. The molecule has 7 nitrogen and oxygen atoms in total. The number of amides is 3. The normalized spacial score (nSPS) is 18.8. The molecule has 1 fully saturated rings. The van der Waals surface area contributed by atoms with Crippen molar-refractivity contribution in [2.24, 2.45) is 0 Å². The van der Waals surface area contributed by atoms with Gasteiger partial charge in [-0.1, -0.05) is 29.8 Å². The maximum absolute atomic E-state index is 13.0. The first kappa shape index (κ1) is 19.4. The molecule has 2 aromatic carbocycles. The number of carbonyl (C=O) groups is 3. The topological polar surface area (TPSA) is 84.9 Å². The van der Waals surface area contributed by atoms with Gasteiger partial charge in [0.25, 0.3) is 5.91 Å². The summed E-state index contributed by atoms with van der Waals surface area (Å²) in [5.74, 6) is -0.0219. The fourth-order valence-electron chi connectivity index (χ4n) is 3.18. The number of Topliss-reactive ketones (excluding diaryl/α,β-unsaturated/α-hetero) is 1. The minimum absolute atomic E-state index is 0.271. The molecule has 0 saturated carbocycles. The lowest BCUT2D eigenvalue weighted by Crippen LogP contribution is -2.41. The summed E-state index contributed by atoms with van der Waals surface area (Å²) in [7, 11) is 2.95. The number of urea groups is 1. The number of nitrogens with zero attached hydrogens (tertiary/aromatic N) is 1. The van der Waals surface area contributed by atoms with Gasteiger partial charge in [0.2, 0.25) is 0 Å². The Morgan fingerprint density at radius 3 is 2.36 bits per heavy atom. The molecule has 0 radical (unpaired) electrons.